The first kappa shape index (κ1) is 9.90. The molecule has 1 fully saturated rings. The molecule has 2 heterocycles. The van der Waals surface area contributed by atoms with Crippen LogP contribution >= 0.6 is 0 Å². The summed E-state index contributed by atoms with van der Waals surface area (Å²) in [6.07, 6.45) is -4.42. The molecule has 23 heavy (non-hydrogen) atoms. The van der Waals surface area contributed by atoms with Gasteiger partial charge in [-0.1, -0.05) is 13.8 Å². The van der Waals surface area contributed by atoms with Crippen LogP contribution in [0.15, 0.2) is 12.1 Å². The van der Waals surface area contributed by atoms with E-state index in [0.717, 1.165) is 5.56 Å². The Labute approximate surface area is 149 Å². The van der Waals surface area contributed by atoms with E-state index in [1.54, 1.807) is 11.0 Å². The van der Waals surface area contributed by atoms with Crippen LogP contribution in [0.3, 0.4) is 0 Å². The van der Waals surface area contributed by atoms with Crippen LogP contribution in [0.1, 0.15) is 53.4 Å². The number of aliphatic hydroxyl groups is 1. The van der Waals surface area contributed by atoms with Gasteiger partial charge >= 0.3 is 0 Å². The first-order valence-corrected chi connectivity index (χ1v) is 7.99. The fraction of sp³-hybridized carbons (Fsp3) is 0.684. The Bertz CT molecular complexity index is 812. The first-order chi connectivity index (χ1) is 13.6. The molecular weight excluding hydrogens is 290 g/mol. The van der Waals surface area contributed by atoms with E-state index in [1.807, 2.05) is 13.8 Å². The number of methoxy groups -OCH3 is 2. The number of hydrogen-bond acceptors (Lipinski definition) is 4. The van der Waals surface area contributed by atoms with Gasteiger partial charge in [-0.25, -0.2) is 0 Å². The number of nitrogens with zero attached hydrogens (tertiary/aromatic N) is 1. The Balaban J connectivity index is 2.12. The normalized spacial score (nSPS) is 41.1. The lowest BCUT2D eigenvalue weighted by Gasteiger charge is -2.46. The minimum Gasteiger partial charge on any atom is -0.493 e. The standard InChI is InChI=1S/C19H29NO3/c1-12(2)7-14-11-20-6-5-13-8-18(22-3)19(23-4)9-15(13)16(20)10-17(14)21/h8-9,12,14,16-17,21H,5-7,10-11H2,1-4H3/i4D3,10D2,14D,17D. The summed E-state index contributed by atoms with van der Waals surface area (Å²) in [5.74, 6) is -1.52. The maximum atomic E-state index is 11.0. The van der Waals surface area contributed by atoms with Crippen molar-refractivity contribution in [2.45, 2.75) is 45.2 Å². The van der Waals surface area contributed by atoms with Crippen molar-refractivity contribution in [3.8, 4) is 11.5 Å². The maximum Gasteiger partial charge on any atom is 0.161 e. The van der Waals surface area contributed by atoms with Crippen LogP contribution < -0.4 is 9.47 Å². The highest BCUT2D eigenvalue weighted by atomic mass is 16.5. The monoisotopic (exact) mass is 326 g/mol. The van der Waals surface area contributed by atoms with Crippen molar-refractivity contribution >= 4 is 0 Å². The highest BCUT2D eigenvalue weighted by molar-refractivity contribution is 5.49. The number of piperidine rings is 1. The molecule has 3 rings (SSSR count). The molecule has 0 spiro atoms. The fourth-order valence-electron chi connectivity index (χ4n) is 3.46. The predicted molar refractivity (Wildman–Crippen MR) is 91.1 cm³/mol. The lowest BCUT2D eigenvalue weighted by Crippen LogP contribution is -2.48. The molecule has 1 aromatic carbocycles. The molecule has 0 amide bonds. The number of fused-ring (bicyclic) bond motifs is 3. The van der Waals surface area contributed by atoms with Crippen molar-refractivity contribution in [2.75, 3.05) is 27.2 Å². The Morgan fingerprint density at radius 1 is 1.43 bits per heavy atom. The number of ether oxygens (including phenoxy) is 2. The van der Waals surface area contributed by atoms with Gasteiger partial charge in [0.25, 0.3) is 0 Å². The van der Waals surface area contributed by atoms with Gasteiger partial charge in [-0.2, -0.15) is 0 Å². The van der Waals surface area contributed by atoms with Gasteiger partial charge in [-0.3, -0.25) is 4.90 Å². The van der Waals surface area contributed by atoms with E-state index >= 15 is 0 Å². The minimum atomic E-state index is -2.72. The Morgan fingerprint density at radius 3 is 2.91 bits per heavy atom. The van der Waals surface area contributed by atoms with Crippen LogP contribution in [0.5, 0.6) is 11.5 Å². The second kappa shape index (κ2) is 6.70. The Morgan fingerprint density at radius 2 is 2.22 bits per heavy atom. The molecule has 2 aliphatic rings. The second-order valence-electron chi connectivity index (χ2n) is 6.62. The molecule has 3 atom stereocenters. The third-order valence-electron chi connectivity index (χ3n) is 4.52. The molecule has 0 aromatic heterocycles. The van der Waals surface area contributed by atoms with E-state index in [9.17, 15) is 5.11 Å². The zero-order valence-corrected chi connectivity index (χ0v) is 13.8. The van der Waals surface area contributed by atoms with Crippen molar-refractivity contribution in [1.82, 2.24) is 4.90 Å². The maximum absolute atomic E-state index is 11.0. The lowest BCUT2D eigenvalue weighted by molar-refractivity contribution is -0.0191. The predicted octanol–water partition coefficient (Wildman–Crippen LogP) is 3.03. The van der Waals surface area contributed by atoms with E-state index in [4.69, 9.17) is 19.1 Å². The van der Waals surface area contributed by atoms with E-state index in [0.29, 0.717) is 18.5 Å². The van der Waals surface area contributed by atoms with Gasteiger partial charge in [0.1, 0.15) is 0 Å². The van der Waals surface area contributed by atoms with Crippen LogP contribution in [0.2, 0.25) is 0 Å². The third kappa shape index (κ3) is 3.20. The molecule has 1 N–H and O–H groups in total. The van der Waals surface area contributed by atoms with Crippen molar-refractivity contribution in [2.24, 2.45) is 11.8 Å². The van der Waals surface area contributed by atoms with Crippen LogP contribution in [0.4, 0.5) is 0 Å². The summed E-state index contributed by atoms with van der Waals surface area (Å²) in [6.45, 7) is 4.25. The SMILES string of the molecule is [2H]C([2H])([2H])Oc1cc2c(cc1OC)CCN1CC([2H])(CC(C)C)C([2H])(O)C([2H])([2H])C21. The Hall–Kier alpha value is -1.26. The number of rotatable bonds is 4. The molecule has 4 heteroatoms. The molecular formula is C19H29NO3. The quantitative estimate of drug-likeness (QED) is 0.923. The molecule has 128 valence electrons. The molecule has 0 saturated carbocycles. The highest BCUT2D eigenvalue weighted by Crippen LogP contribution is 2.43. The summed E-state index contributed by atoms with van der Waals surface area (Å²) in [5, 5.41) is 11.0. The summed E-state index contributed by atoms with van der Waals surface area (Å²) >= 11 is 0. The zero-order chi connectivity index (χ0) is 22.7. The van der Waals surface area contributed by atoms with Crippen molar-refractivity contribution in [1.29, 1.82) is 0 Å². The van der Waals surface area contributed by atoms with Crippen LogP contribution in [-0.4, -0.2) is 43.3 Å². The molecule has 1 saturated heterocycles. The van der Waals surface area contributed by atoms with Gasteiger partial charge in [0, 0.05) is 23.2 Å². The smallest absolute Gasteiger partial charge is 0.161 e. The molecule has 0 aliphatic carbocycles. The van der Waals surface area contributed by atoms with Crippen LogP contribution in [0, 0.1) is 11.8 Å². The average Bonchev–Trinajstić information content (AvgIpc) is 2.57. The lowest BCUT2D eigenvalue weighted by atomic mass is 9.79. The van der Waals surface area contributed by atoms with E-state index in [2.05, 4.69) is 0 Å². The molecule has 0 bridgehead atoms. The summed E-state index contributed by atoms with van der Waals surface area (Å²) in [6, 6.07) is 2.05. The summed E-state index contributed by atoms with van der Waals surface area (Å²) in [7, 11) is -1.32. The van der Waals surface area contributed by atoms with Gasteiger partial charge in [-0.15, -0.1) is 0 Å². The minimum absolute atomic E-state index is 0.00681. The molecule has 2 aliphatic heterocycles. The topological polar surface area (TPSA) is 41.9 Å². The largest absolute Gasteiger partial charge is 0.493 e. The number of benzene rings is 1. The van der Waals surface area contributed by atoms with Crippen LogP contribution in [0.25, 0.3) is 0 Å². The summed E-state index contributed by atoms with van der Waals surface area (Å²) in [4.78, 5) is 1.78. The Kier molecular flexibility index (Phi) is 2.88. The average molecular weight is 326 g/mol. The van der Waals surface area contributed by atoms with Crippen molar-refractivity contribution < 1.29 is 24.2 Å². The number of hydrogen-bond donors (Lipinski definition) is 1. The van der Waals surface area contributed by atoms with E-state index in [-0.39, 0.29) is 30.4 Å². The third-order valence-corrected chi connectivity index (χ3v) is 4.52. The van der Waals surface area contributed by atoms with Crippen molar-refractivity contribution in [3.05, 3.63) is 23.3 Å². The van der Waals surface area contributed by atoms with Crippen LogP contribution in [-0.2, 0) is 6.42 Å². The molecule has 1 aromatic rings. The molecule has 4 nitrogen and oxygen atoms in total. The summed E-state index contributed by atoms with van der Waals surface area (Å²) < 4.78 is 67.3. The molecule has 0 radical (unpaired) electrons. The summed E-state index contributed by atoms with van der Waals surface area (Å²) in [5.41, 5.74) is 1.19. The van der Waals surface area contributed by atoms with Crippen molar-refractivity contribution in [3.63, 3.8) is 0 Å². The van der Waals surface area contributed by atoms with Gasteiger partial charge in [0.15, 0.2) is 11.5 Å². The van der Waals surface area contributed by atoms with Gasteiger partial charge < -0.3 is 14.6 Å². The fourth-order valence-corrected chi connectivity index (χ4v) is 3.46. The van der Waals surface area contributed by atoms with E-state index in [1.165, 1.54) is 13.2 Å². The highest BCUT2D eigenvalue weighted by Gasteiger charge is 2.38. The zero-order valence-electron chi connectivity index (χ0n) is 20.8. The molecule has 3 unspecified atom stereocenters. The van der Waals surface area contributed by atoms with E-state index < -0.39 is 31.4 Å². The first-order valence-electron chi connectivity index (χ1n) is 11.5. The second-order valence-corrected chi connectivity index (χ2v) is 6.62. The van der Waals surface area contributed by atoms with Gasteiger partial charge in [0.2, 0.25) is 0 Å². The van der Waals surface area contributed by atoms with Gasteiger partial charge in [0.05, 0.1) is 25.7 Å². The van der Waals surface area contributed by atoms with Gasteiger partial charge in [-0.05, 0) is 54.3 Å².